The van der Waals surface area contributed by atoms with E-state index in [1.807, 2.05) is 68.3 Å². The number of anilines is 1. The molecular formula is C30H39BrN4O3. The van der Waals surface area contributed by atoms with Crippen LogP contribution in [0.25, 0.3) is 0 Å². The first-order valence-electron chi connectivity index (χ1n) is 13.3. The van der Waals surface area contributed by atoms with Gasteiger partial charge in [0.2, 0.25) is 5.91 Å². The van der Waals surface area contributed by atoms with Crippen LogP contribution in [-0.2, 0) is 17.9 Å². The number of urea groups is 1. The molecule has 0 aliphatic rings. The number of nitrogens with one attached hydrogen (secondary N) is 1. The third-order valence-corrected chi connectivity index (χ3v) is 6.82. The van der Waals surface area contributed by atoms with Crippen molar-refractivity contribution in [3.05, 3.63) is 82.6 Å². The van der Waals surface area contributed by atoms with E-state index >= 15 is 0 Å². The number of carbonyl (C=O) groups is 2. The van der Waals surface area contributed by atoms with E-state index in [2.05, 4.69) is 50.9 Å². The molecule has 2 aromatic carbocycles. The van der Waals surface area contributed by atoms with Gasteiger partial charge in [0.15, 0.2) is 0 Å². The van der Waals surface area contributed by atoms with Gasteiger partial charge in [-0.3, -0.25) is 4.79 Å². The smallest absolute Gasteiger partial charge is 0.322 e. The number of para-hydroxylation sites is 2. The van der Waals surface area contributed by atoms with Crippen LogP contribution in [0, 0.1) is 0 Å². The van der Waals surface area contributed by atoms with Gasteiger partial charge in [-0.25, -0.2) is 4.79 Å². The zero-order valence-electron chi connectivity index (χ0n) is 22.8. The van der Waals surface area contributed by atoms with Crippen LogP contribution < -0.4 is 10.1 Å². The van der Waals surface area contributed by atoms with Crippen LogP contribution in [0.3, 0.4) is 0 Å². The van der Waals surface area contributed by atoms with Crippen LogP contribution in [0.2, 0.25) is 0 Å². The van der Waals surface area contributed by atoms with E-state index in [0.29, 0.717) is 31.1 Å². The van der Waals surface area contributed by atoms with Crippen LogP contribution in [0.1, 0.15) is 51.8 Å². The summed E-state index contributed by atoms with van der Waals surface area (Å²) < 4.78 is 8.87. The van der Waals surface area contributed by atoms with Gasteiger partial charge in [0.25, 0.3) is 0 Å². The molecule has 38 heavy (non-hydrogen) atoms. The fourth-order valence-electron chi connectivity index (χ4n) is 4.14. The van der Waals surface area contributed by atoms with Crippen molar-refractivity contribution in [3.63, 3.8) is 0 Å². The van der Waals surface area contributed by atoms with Gasteiger partial charge in [0.05, 0.1) is 18.8 Å². The van der Waals surface area contributed by atoms with Crippen LogP contribution >= 0.6 is 15.9 Å². The fourth-order valence-corrected chi connectivity index (χ4v) is 4.41. The highest BCUT2D eigenvalue weighted by Crippen LogP contribution is 2.24. The lowest BCUT2D eigenvalue weighted by Gasteiger charge is -2.30. The van der Waals surface area contributed by atoms with E-state index in [1.165, 1.54) is 5.56 Å². The van der Waals surface area contributed by atoms with Crippen LogP contribution in [0.5, 0.6) is 5.75 Å². The number of ether oxygens (including phenoxy) is 1. The van der Waals surface area contributed by atoms with Crippen molar-refractivity contribution < 1.29 is 14.3 Å². The zero-order valence-corrected chi connectivity index (χ0v) is 24.4. The number of hydrogen-bond acceptors (Lipinski definition) is 3. The molecule has 0 bridgehead atoms. The fraction of sp³-hybridized carbons (Fsp3) is 0.400. The molecule has 0 saturated heterocycles. The summed E-state index contributed by atoms with van der Waals surface area (Å²) in [5.74, 6) is 0.534. The van der Waals surface area contributed by atoms with Crippen molar-refractivity contribution in [2.45, 2.75) is 59.7 Å². The highest BCUT2D eigenvalue weighted by atomic mass is 79.9. The molecular weight excluding hydrogens is 544 g/mol. The number of nitrogens with zero attached hydrogens (tertiary/aromatic N) is 3. The molecule has 0 unspecified atom stereocenters. The topological polar surface area (TPSA) is 66.8 Å². The number of benzene rings is 2. The summed E-state index contributed by atoms with van der Waals surface area (Å²) in [5.41, 5.74) is 2.83. The van der Waals surface area contributed by atoms with E-state index in [-0.39, 0.29) is 24.5 Å². The molecule has 204 valence electrons. The van der Waals surface area contributed by atoms with E-state index in [0.717, 1.165) is 29.6 Å². The number of carbonyl (C=O) groups excluding carboxylic acids is 2. The quantitative estimate of drug-likeness (QED) is 0.242. The average Bonchev–Trinajstić information content (AvgIpc) is 3.33. The van der Waals surface area contributed by atoms with E-state index in [9.17, 15) is 9.59 Å². The highest BCUT2D eigenvalue weighted by Gasteiger charge is 2.25. The Kier molecular flexibility index (Phi) is 11.3. The monoisotopic (exact) mass is 582 g/mol. The second kappa shape index (κ2) is 14.6. The molecule has 0 fully saturated rings. The summed E-state index contributed by atoms with van der Waals surface area (Å²) in [7, 11) is 0. The second-order valence-electron chi connectivity index (χ2n) is 9.50. The van der Waals surface area contributed by atoms with Crippen LogP contribution in [-0.4, -0.2) is 52.0 Å². The minimum absolute atomic E-state index is 0.00254. The van der Waals surface area contributed by atoms with Crippen molar-refractivity contribution in [2.24, 2.45) is 0 Å². The van der Waals surface area contributed by atoms with Crippen molar-refractivity contribution in [1.82, 2.24) is 14.4 Å². The predicted octanol–water partition coefficient (Wildman–Crippen LogP) is 6.77. The first-order chi connectivity index (χ1) is 18.3. The first-order valence-corrected chi connectivity index (χ1v) is 14.1. The molecule has 8 heteroatoms. The molecule has 0 spiro atoms. The Morgan fingerprint density at radius 2 is 1.76 bits per heavy atom. The Hall–Kier alpha value is -3.26. The van der Waals surface area contributed by atoms with Gasteiger partial charge >= 0.3 is 6.03 Å². The van der Waals surface area contributed by atoms with E-state index < -0.39 is 0 Å². The van der Waals surface area contributed by atoms with Crippen molar-refractivity contribution in [1.29, 1.82) is 0 Å². The van der Waals surface area contributed by atoms with Crippen molar-refractivity contribution in [3.8, 4) is 5.75 Å². The first kappa shape index (κ1) is 29.3. The van der Waals surface area contributed by atoms with Crippen LogP contribution in [0.15, 0.2) is 71.3 Å². The molecule has 3 rings (SSSR count). The summed E-state index contributed by atoms with van der Waals surface area (Å²) in [4.78, 5) is 30.3. The van der Waals surface area contributed by atoms with Crippen molar-refractivity contribution in [2.75, 3.05) is 25.0 Å². The minimum atomic E-state index is -0.324. The number of amides is 3. The Balaban J connectivity index is 1.73. The maximum absolute atomic E-state index is 13.6. The van der Waals surface area contributed by atoms with Gasteiger partial charge in [-0.1, -0.05) is 53.5 Å². The molecule has 0 radical (unpaired) electrons. The standard InChI is InChI=1S/C30H39BrN4O3/c1-5-7-18-34(21-26-11-10-19-33(26)20-24-14-16-25(31)17-15-24)29(36)22-35(23(3)4)30(37)32-27-12-8-9-13-28(27)38-6-2/h8-17,19,23H,5-7,18,20-22H2,1-4H3,(H,32,37). The van der Waals surface area contributed by atoms with Gasteiger partial charge in [-0.2, -0.15) is 0 Å². The largest absolute Gasteiger partial charge is 0.492 e. The number of aromatic nitrogens is 1. The maximum atomic E-state index is 13.6. The maximum Gasteiger partial charge on any atom is 0.322 e. The lowest BCUT2D eigenvalue weighted by Crippen LogP contribution is -2.47. The molecule has 1 aromatic heterocycles. The van der Waals surface area contributed by atoms with Gasteiger partial charge < -0.3 is 24.4 Å². The Bertz CT molecular complexity index is 1180. The third kappa shape index (κ3) is 8.38. The van der Waals surface area contributed by atoms with Crippen LogP contribution in [0.4, 0.5) is 10.5 Å². The number of hydrogen-bond donors (Lipinski definition) is 1. The molecule has 0 aliphatic carbocycles. The molecule has 0 aliphatic heterocycles. The molecule has 3 amide bonds. The summed E-state index contributed by atoms with van der Waals surface area (Å²) >= 11 is 3.49. The number of rotatable bonds is 13. The SMILES string of the molecule is CCCCN(Cc1cccn1Cc1ccc(Br)cc1)C(=O)CN(C(=O)Nc1ccccc1OCC)C(C)C. The van der Waals surface area contributed by atoms with Gasteiger partial charge in [0.1, 0.15) is 12.3 Å². The predicted molar refractivity (Wildman–Crippen MR) is 156 cm³/mol. The Labute approximate surface area is 234 Å². The Morgan fingerprint density at radius 3 is 2.45 bits per heavy atom. The molecule has 1 heterocycles. The molecule has 0 atom stereocenters. The lowest BCUT2D eigenvalue weighted by atomic mass is 10.2. The van der Waals surface area contributed by atoms with Crippen molar-refractivity contribution >= 4 is 33.6 Å². The summed E-state index contributed by atoms with van der Waals surface area (Å²) in [6.07, 6.45) is 3.92. The minimum Gasteiger partial charge on any atom is -0.492 e. The highest BCUT2D eigenvalue weighted by molar-refractivity contribution is 9.10. The molecule has 0 saturated carbocycles. The lowest BCUT2D eigenvalue weighted by molar-refractivity contribution is -0.132. The molecule has 7 nitrogen and oxygen atoms in total. The second-order valence-corrected chi connectivity index (χ2v) is 10.4. The normalized spacial score (nSPS) is 10.9. The van der Waals surface area contributed by atoms with Gasteiger partial charge in [-0.15, -0.1) is 0 Å². The molecule has 3 aromatic rings. The van der Waals surface area contributed by atoms with E-state index in [4.69, 9.17) is 4.74 Å². The summed E-state index contributed by atoms with van der Waals surface area (Å²) in [5, 5.41) is 2.93. The molecule has 1 N–H and O–H groups in total. The van der Waals surface area contributed by atoms with Gasteiger partial charge in [0, 0.05) is 35.5 Å². The summed E-state index contributed by atoms with van der Waals surface area (Å²) in [6, 6.07) is 19.2. The van der Waals surface area contributed by atoms with Gasteiger partial charge in [-0.05, 0) is 69.2 Å². The summed E-state index contributed by atoms with van der Waals surface area (Å²) in [6.45, 7) is 10.2. The Morgan fingerprint density at radius 1 is 1.03 bits per heavy atom. The average molecular weight is 584 g/mol. The third-order valence-electron chi connectivity index (χ3n) is 6.30. The number of halogens is 1. The zero-order chi connectivity index (χ0) is 27.5. The number of unbranched alkanes of at least 4 members (excludes halogenated alkanes) is 1. The van der Waals surface area contributed by atoms with E-state index in [1.54, 1.807) is 11.0 Å².